The Morgan fingerprint density at radius 3 is 2.91 bits per heavy atom. The largest absolute Gasteiger partial charge is 0.276 e. The number of nitro groups is 1. The second-order valence-electron chi connectivity index (χ2n) is 3.77. The Morgan fingerprint density at radius 2 is 2.41 bits per heavy atom. The molecule has 116 valence electrons. The van der Waals surface area contributed by atoms with E-state index >= 15 is 0 Å². The minimum atomic E-state index is -0.819. The molecule has 2 rings (SSSR count). The van der Waals surface area contributed by atoms with Gasteiger partial charge >= 0.3 is 0 Å². The number of hydrogen-bond donors (Lipinski definition) is 0. The second-order valence-corrected chi connectivity index (χ2v) is 7.19. The number of nitrogens with zero attached hydrogens (tertiary/aromatic N) is 4. The standard InChI is InChI=1S/C11H9ClN4O3S3/c1-20-11(14-16(18)19)15(6-7-5-13-10(12)22-7)9(17)8-3-2-4-21-8/h2-5H,6H2,1H3/b14-11-. The number of aromatic nitrogens is 1. The van der Waals surface area contributed by atoms with Crippen LogP contribution < -0.4 is 0 Å². The van der Waals surface area contributed by atoms with Gasteiger partial charge in [0, 0.05) is 11.1 Å². The van der Waals surface area contributed by atoms with E-state index in [-0.39, 0.29) is 17.6 Å². The number of amidine groups is 1. The summed E-state index contributed by atoms with van der Waals surface area (Å²) in [5.74, 6) is -0.352. The predicted octanol–water partition coefficient (Wildman–Crippen LogP) is 3.41. The van der Waals surface area contributed by atoms with Crippen LogP contribution in [0.5, 0.6) is 0 Å². The van der Waals surface area contributed by atoms with E-state index in [0.29, 0.717) is 14.2 Å². The zero-order chi connectivity index (χ0) is 16.1. The highest BCUT2D eigenvalue weighted by molar-refractivity contribution is 8.13. The van der Waals surface area contributed by atoms with Crippen LogP contribution in [0.15, 0.2) is 28.8 Å². The van der Waals surface area contributed by atoms with Crippen molar-refractivity contribution in [2.45, 2.75) is 6.54 Å². The lowest BCUT2D eigenvalue weighted by Gasteiger charge is -2.19. The van der Waals surface area contributed by atoms with Gasteiger partial charge in [-0.1, -0.05) is 29.4 Å². The highest BCUT2D eigenvalue weighted by atomic mass is 35.5. The normalized spacial score (nSPS) is 11.5. The molecule has 0 fully saturated rings. The number of rotatable bonds is 4. The van der Waals surface area contributed by atoms with E-state index in [2.05, 4.69) is 10.1 Å². The third-order valence-corrected chi connectivity index (χ3v) is 5.02. The summed E-state index contributed by atoms with van der Waals surface area (Å²) in [4.78, 5) is 29.6. The summed E-state index contributed by atoms with van der Waals surface area (Å²) in [6.45, 7) is 0.120. The number of thiophene rings is 1. The first kappa shape index (κ1) is 16.9. The van der Waals surface area contributed by atoms with Crippen LogP contribution >= 0.6 is 46.0 Å². The summed E-state index contributed by atoms with van der Waals surface area (Å²) in [5.41, 5.74) is 0. The van der Waals surface area contributed by atoms with Crippen LogP contribution in [0.1, 0.15) is 14.5 Å². The van der Waals surface area contributed by atoms with Crippen LogP contribution in [0, 0.1) is 10.1 Å². The fourth-order valence-electron chi connectivity index (χ4n) is 1.55. The van der Waals surface area contributed by atoms with E-state index in [1.807, 2.05) is 0 Å². The molecule has 0 saturated carbocycles. The SMILES string of the molecule is CS/C(=N\[N+](=O)[O-])N(Cc1cnc(Cl)s1)C(=O)c1cccs1. The van der Waals surface area contributed by atoms with Crippen LogP contribution in [-0.4, -0.2) is 32.2 Å². The van der Waals surface area contributed by atoms with E-state index in [1.165, 1.54) is 33.8 Å². The molecule has 0 N–H and O–H groups in total. The Morgan fingerprint density at radius 1 is 1.64 bits per heavy atom. The molecule has 7 nitrogen and oxygen atoms in total. The quantitative estimate of drug-likeness (QED) is 0.353. The number of halogens is 1. The van der Waals surface area contributed by atoms with E-state index < -0.39 is 5.03 Å². The van der Waals surface area contributed by atoms with Crippen LogP contribution in [0.25, 0.3) is 0 Å². The smallest absolute Gasteiger partial charge is 0.270 e. The molecule has 0 aliphatic carbocycles. The number of carbonyl (C=O) groups is 1. The molecule has 0 radical (unpaired) electrons. The Hall–Kier alpha value is -1.49. The molecule has 0 atom stereocenters. The summed E-state index contributed by atoms with van der Waals surface area (Å²) >= 11 is 9.28. The highest BCUT2D eigenvalue weighted by Crippen LogP contribution is 2.23. The molecule has 2 heterocycles. The molecule has 2 aromatic heterocycles. The molecule has 22 heavy (non-hydrogen) atoms. The molecule has 2 aromatic rings. The number of hydrogen-bond acceptors (Lipinski definition) is 7. The molecule has 0 aliphatic rings. The summed E-state index contributed by atoms with van der Waals surface area (Å²) in [5, 5.41) is 14.9. The van der Waals surface area contributed by atoms with E-state index in [9.17, 15) is 14.9 Å². The lowest BCUT2D eigenvalue weighted by Crippen LogP contribution is -2.34. The minimum Gasteiger partial charge on any atom is -0.276 e. The molecule has 0 spiro atoms. The van der Waals surface area contributed by atoms with Gasteiger partial charge < -0.3 is 0 Å². The first-order valence-corrected chi connectivity index (χ1v) is 9.03. The third kappa shape index (κ3) is 4.26. The maximum Gasteiger partial charge on any atom is 0.270 e. The fourth-order valence-corrected chi connectivity index (χ4v) is 3.70. The fraction of sp³-hybridized carbons (Fsp3) is 0.182. The highest BCUT2D eigenvalue weighted by Gasteiger charge is 2.25. The summed E-state index contributed by atoms with van der Waals surface area (Å²) < 4.78 is 0.343. The lowest BCUT2D eigenvalue weighted by molar-refractivity contribution is -0.485. The number of amides is 1. The molecular weight excluding hydrogens is 368 g/mol. The van der Waals surface area contributed by atoms with Crippen molar-refractivity contribution in [1.29, 1.82) is 0 Å². The molecular formula is C11H9ClN4O3S3. The monoisotopic (exact) mass is 376 g/mol. The molecule has 1 amide bonds. The molecule has 0 aromatic carbocycles. The predicted molar refractivity (Wildman–Crippen MR) is 89.3 cm³/mol. The zero-order valence-corrected chi connectivity index (χ0v) is 14.3. The van der Waals surface area contributed by atoms with E-state index in [1.54, 1.807) is 23.8 Å². The van der Waals surface area contributed by atoms with Crippen LogP contribution in [-0.2, 0) is 6.54 Å². The van der Waals surface area contributed by atoms with Crippen LogP contribution in [0.4, 0.5) is 0 Å². The van der Waals surface area contributed by atoms with Gasteiger partial charge in [-0.25, -0.2) is 15.1 Å². The van der Waals surface area contributed by atoms with Crippen molar-refractivity contribution in [2.75, 3.05) is 6.26 Å². The molecule has 0 saturated heterocycles. The first-order chi connectivity index (χ1) is 10.5. The Labute approximate surface area is 142 Å². The van der Waals surface area contributed by atoms with Crippen molar-refractivity contribution < 1.29 is 9.83 Å². The van der Waals surface area contributed by atoms with Gasteiger partial charge in [0.15, 0.2) is 9.50 Å². The summed E-state index contributed by atoms with van der Waals surface area (Å²) in [6, 6.07) is 3.40. The van der Waals surface area contributed by atoms with Gasteiger partial charge in [0.25, 0.3) is 5.91 Å². The molecule has 0 bridgehead atoms. The van der Waals surface area contributed by atoms with Crippen molar-refractivity contribution in [3.63, 3.8) is 0 Å². The molecule has 11 heteroatoms. The van der Waals surface area contributed by atoms with Crippen molar-refractivity contribution in [1.82, 2.24) is 9.88 Å². The van der Waals surface area contributed by atoms with Gasteiger partial charge in [0.1, 0.15) is 0 Å². The van der Waals surface area contributed by atoms with Gasteiger partial charge in [-0.2, -0.15) is 0 Å². The summed E-state index contributed by atoms with van der Waals surface area (Å²) in [7, 11) is 0. The van der Waals surface area contributed by atoms with Gasteiger partial charge in [-0.05, 0) is 17.7 Å². The first-order valence-electron chi connectivity index (χ1n) is 5.74. The van der Waals surface area contributed by atoms with E-state index in [0.717, 1.165) is 11.8 Å². The van der Waals surface area contributed by atoms with Gasteiger partial charge in [0.05, 0.1) is 16.5 Å². The van der Waals surface area contributed by atoms with Crippen molar-refractivity contribution in [3.8, 4) is 0 Å². The van der Waals surface area contributed by atoms with Crippen molar-refractivity contribution >= 4 is 57.1 Å². The number of carbonyl (C=O) groups excluding carboxylic acids is 1. The lowest BCUT2D eigenvalue weighted by atomic mass is 10.4. The number of hydrazone groups is 1. The van der Waals surface area contributed by atoms with Gasteiger partial charge in [-0.3, -0.25) is 9.69 Å². The third-order valence-electron chi connectivity index (χ3n) is 2.40. The van der Waals surface area contributed by atoms with Crippen molar-refractivity contribution in [2.24, 2.45) is 5.10 Å². The van der Waals surface area contributed by atoms with Crippen LogP contribution in [0.3, 0.4) is 0 Å². The number of thiazole rings is 1. The Kier molecular flexibility index (Phi) is 5.89. The topological polar surface area (TPSA) is 88.7 Å². The van der Waals surface area contributed by atoms with Gasteiger partial charge in [-0.15, -0.1) is 22.7 Å². The Bertz CT molecular complexity index is 701. The van der Waals surface area contributed by atoms with E-state index in [4.69, 9.17) is 11.6 Å². The van der Waals surface area contributed by atoms with Crippen molar-refractivity contribution in [3.05, 3.63) is 48.0 Å². The minimum absolute atomic E-state index is 0.00734. The number of thioether (sulfide) groups is 1. The average molecular weight is 377 g/mol. The molecule has 0 unspecified atom stereocenters. The Balaban J connectivity index is 2.35. The van der Waals surface area contributed by atoms with Crippen LogP contribution in [0.2, 0.25) is 4.47 Å². The maximum atomic E-state index is 12.6. The van der Waals surface area contributed by atoms with Gasteiger partial charge in [0.2, 0.25) is 5.17 Å². The maximum absolute atomic E-state index is 12.6. The zero-order valence-electron chi connectivity index (χ0n) is 11.1. The molecule has 0 aliphatic heterocycles. The summed E-state index contributed by atoms with van der Waals surface area (Å²) in [6.07, 6.45) is 3.16. The second kappa shape index (κ2) is 7.68. The average Bonchev–Trinajstić information content (AvgIpc) is 3.13.